The number of non-ortho nitro benzene ring substituents is 1. The van der Waals surface area contributed by atoms with Crippen molar-refractivity contribution in [3.63, 3.8) is 0 Å². The normalized spacial score (nSPS) is 16.3. The maximum absolute atomic E-state index is 12.5. The van der Waals surface area contributed by atoms with Crippen LogP contribution in [0.4, 0.5) is 17.1 Å². The van der Waals surface area contributed by atoms with Gasteiger partial charge in [-0.2, -0.15) is 0 Å². The maximum atomic E-state index is 12.5. The summed E-state index contributed by atoms with van der Waals surface area (Å²) in [5.74, 6) is 0.00206. The van der Waals surface area contributed by atoms with Crippen LogP contribution in [0.25, 0.3) is 0 Å². The Bertz CT molecular complexity index is 1100. The summed E-state index contributed by atoms with van der Waals surface area (Å²) in [5, 5.41) is 10.9. The average molecular weight is 432 g/mol. The summed E-state index contributed by atoms with van der Waals surface area (Å²) in [5.41, 5.74) is 0.0786. The van der Waals surface area contributed by atoms with E-state index in [4.69, 9.17) is 11.6 Å². The third-order valence-corrected chi connectivity index (χ3v) is 7.50. The van der Waals surface area contributed by atoms with E-state index >= 15 is 0 Å². The molecule has 2 aromatic rings. The Labute approximate surface area is 160 Å². The molecule has 0 bridgehead atoms. The summed E-state index contributed by atoms with van der Waals surface area (Å²) in [6.45, 7) is 0.264. The summed E-state index contributed by atoms with van der Waals surface area (Å²) >= 11 is 6.09. The van der Waals surface area contributed by atoms with E-state index in [-0.39, 0.29) is 39.3 Å². The van der Waals surface area contributed by atoms with E-state index in [1.807, 2.05) is 0 Å². The Morgan fingerprint density at radius 1 is 1.15 bits per heavy atom. The molecule has 1 aliphatic heterocycles. The Kier molecular flexibility index (Phi) is 5.02. The second kappa shape index (κ2) is 6.98. The number of benzene rings is 2. The van der Waals surface area contributed by atoms with Crippen LogP contribution in [0.3, 0.4) is 0 Å². The van der Waals surface area contributed by atoms with Gasteiger partial charge in [0.25, 0.3) is 15.7 Å². The molecule has 0 saturated carbocycles. The molecule has 0 aromatic heterocycles. The smallest absolute Gasteiger partial charge is 0.269 e. The summed E-state index contributed by atoms with van der Waals surface area (Å²) < 4.78 is 52.6. The van der Waals surface area contributed by atoms with Crippen LogP contribution in [0.1, 0.15) is 6.42 Å². The van der Waals surface area contributed by atoms with Crippen LogP contribution in [-0.2, 0) is 20.0 Å². The van der Waals surface area contributed by atoms with E-state index in [9.17, 15) is 26.9 Å². The van der Waals surface area contributed by atoms with Crippen LogP contribution in [0.2, 0.25) is 5.02 Å². The lowest BCUT2D eigenvalue weighted by atomic mass is 10.3. The molecule has 0 atom stereocenters. The van der Waals surface area contributed by atoms with E-state index in [0.29, 0.717) is 6.42 Å². The SMILES string of the molecule is O=[N+]([O-])c1ccc(S(=O)(=O)Nc2ccc(Cl)c(N3CCCS3(=O)=O)c2)cc1. The lowest BCUT2D eigenvalue weighted by molar-refractivity contribution is -0.384. The third-order valence-electron chi connectivity index (χ3n) is 3.92. The van der Waals surface area contributed by atoms with Gasteiger partial charge in [0, 0.05) is 18.7 Å². The zero-order valence-electron chi connectivity index (χ0n) is 13.7. The van der Waals surface area contributed by atoms with Gasteiger partial charge in [-0.15, -0.1) is 0 Å². The topological polar surface area (TPSA) is 127 Å². The first-order valence-corrected chi connectivity index (χ1v) is 11.1. The number of nitrogens with zero attached hydrogens (tertiary/aromatic N) is 2. The van der Waals surface area contributed by atoms with Crippen molar-refractivity contribution in [3.05, 3.63) is 57.6 Å². The molecule has 0 spiro atoms. The highest BCUT2D eigenvalue weighted by atomic mass is 35.5. The Hall–Kier alpha value is -2.37. The van der Waals surface area contributed by atoms with Crippen LogP contribution in [0, 0.1) is 10.1 Å². The monoisotopic (exact) mass is 431 g/mol. The minimum atomic E-state index is -4.02. The quantitative estimate of drug-likeness (QED) is 0.572. The first-order chi connectivity index (χ1) is 12.6. The molecule has 1 fully saturated rings. The van der Waals surface area contributed by atoms with E-state index in [2.05, 4.69) is 4.72 Å². The molecule has 12 heteroatoms. The van der Waals surface area contributed by atoms with Gasteiger partial charge in [-0.05, 0) is 36.8 Å². The molecule has 1 heterocycles. The summed E-state index contributed by atoms with van der Waals surface area (Å²) in [6, 6.07) is 8.53. The lowest BCUT2D eigenvalue weighted by Gasteiger charge is -2.19. The van der Waals surface area contributed by atoms with E-state index in [0.717, 1.165) is 28.6 Å². The zero-order valence-corrected chi connectivity index (χ0v) is 16.1. The zero-order chi connectivity index (χ0) is 19.8. The highest BCUT2D eigenvalue weighted by Gasteiger charge is 2.30. The molecule has 1 saturated heterocycles. The predicted octanol–water partition coefficient (Wildman–Crippen LogP) is 2.59. The number of anilines is 2. The number of halogens is 1. The molecule has 0 radical (unpaired) electrons. The average Bonchev–Trinajstić information content (AvgIpc) is 2.95. The molecule has 3 rings (SSSR count). The van der Waals surface area contributed by atoms with Gasteiger partial charge in [-0.3, -0.25) is 19.1 Å². The highest BCUT2D eigenvalue weighted by Crippen LogP contribution is 2.34. The van der Waals surface area contributed by atoms with Crippen LogP contribution in [-0.4, -0.2) is 34.1 Å². The Morgan fingerprint density at radius 2 is 1.81 bits per heavy atom. The molecule has 0 amide bonds. The second-order valence-electron chi connectivity index (χ2n) is 5.76. The molecule has 27 heavy (non-hydrogen) atoms. The molecular weight excluding hydrogens is 418 g/mol. The molecule has 0 aliphatic carbocycles. The van der Waals surface area contributed by atoms with E-state index < -0.39 is 25.0 Å². The molecular formula is C15H14ClN3O6S2. The first-order valence-electron chi connectivity index (χ1n) is 7.67. The number of rotatable bonds is 5. The number of nitro groups is 1. The van der Waals surface area contributed by atoms with Crippen LogP contribution < -0.4 is 9.03 Å². The van der Waals surface area contributed by atoms with Crippen molar-refractivity contribution in [1.29, 1.82) is 0 Å². The summed E-state index contributed by atoms with van der Waals surface area (Å²) in [6.07, 6.45) is 0.456. The highest BCUT2D eigenvalue weighted by molar-refractivity contribution is 7.93. The second-order valence-corrected chi connectivity index (χ2v) is 9.87. The van der Waals surface area contributed by atoms with E-state index in [1.54, 1.807) is 0 Å². The van der Waals surface area contributed by atoms with Gasteiger partial charge < -0.3 is 0 Å². The summed E-state index contributed by atoms with van der Waals surface area (Å²) in [4.78, 5) is 9.87. The predicted molar refractivity (Wildman–Crippen MR) is 101 cm³/mol. The van der Waals surface area contributed by atoms with E-state index in [1.165, 1.54) is 18.2 Å². The van der Waals surface area contributed by atoms with Crippen LogP contribution in [0.15, 0.2) is 47.4 Å². The minimum Gasteiger partial charge on any atom is -0.280 e. The lowest BCUT2D eigenvalue weighted by Crippen LogP contribution is -2.25. The van der Waals surface area contributed by atoms with Gasteiger partial charge in [0.15, 0.2) is 0 Å². The maximum Gasteiger partial charge on any atom is 0.269 e. The van der Waals surface area contributed by atoms with Gasteiger partial charge in [0.1, 0.15) is 0 Å². The Morgan fingerprint density at radius 3 is 2.37 bits per heavy atom. The minimum absolute atomic E-state index is 0.00206. The van der Waals surface area contributed by atoms with Crippen LogP contribution in [0.5, 0.6) is 0 Å². The Balaban J connectivity index is 1.91. The van der Waals surface area contributed by atoms with Crippen molar-refractivity contribution in [3.8, 4) is 0 Å². The first kappa shape index (κ1) is 19.4. The van der Waals surface area contributed by atoms with Crippen molar-refractivity contribution in [1.82, 2.24) is 0 Å². The van der Waals surface area contributed by atoms with Crippen molar-refractivity contribution < 1.29 is 21.8 Å². The fourth-order valence-electron chi connectivity index (χ4n) is 2.64. The standard InChI is InChI=1S/C15H14ClN3O6S2/c16-14-7-2-11(10-15(14)18-8-1-9-26(18,22)23)17-27(24,25)13-5-3-12(4-6-13)19(20)21/h2-7,10,17H,1,8-9H2. The van der Waals surface area contributed by atoms with Gasteiger partial charge >= 0.3 is 0 Å². The van der Waals surface area contributed by atoms with Gasteiger partial charge in [0.05, 0.1) is 32.0 Å². The largest absolute Gasteiger partial charge is 0.280 e. The van der Waals surface area contributed by atoms with Crippen molar-refractivity contribution in [2.45, 2.75) is 11.3 Å². The molecule has 144 valence electrons. The van der Waals surface area contributed by atoms with Crippen molar-refractivity contribution >= 4 is 48.7 Å². The number of sulfonamides is 2. The van der Waals surface area contributed by atoms with Gasteiger partial charge in [-0.1, -0.05) is 11.6 Å². The fraction of sp³-hybridized carbons (Fsp3) is 0.200. The molecule has 0 unspecified atom stereocenters. The van der Waals surface area contributed by atoms with Crippen molar-refractivity contribution in [2.24, 2.45) is 0 Å². The fourth-order valence-corrected chi connectivity index (χ4v) is 5.53. The number of nitrogens with one attached hydrogen (secondary N) is 1. The van der Waals surface area contributed by atoms with Crippen molar-refractivity contribution in [2.75, 3.05) is 21.3 Å². The van der Waals surface area contributed by atoms with Gasteiger partial charge in [0.2, 0.25) is 10.0 Å². The third kappa shape index (κ3) is 3.99. The van der Waals surface area contributed by atoms with Crippen LogP contribution >= 0.6 is 11.6 Å². The number of hydrogen-bond donors (Lipinski definition) is 1. The van der Waals surface area contributed by atoms with Gasteiger partial charge in [-0.25, -0.2) is 16.8 Å². The molecule has 1 aliphatic rings. The summed E-state index contributed by atoms with van der Waals surface area (Å²) in [7, 11) is -7.50. The molecule has 9 nitrogen and oxygen atoms in total. The number of hydrogen-bond acceptors (Lipinski definition) is 6. The molecule has 2 aromatic carbocycles. The molecule has 1 N–H and O–H groups in total. The number of nitro benzene ring substituents is 1.